The Hall–Kier alpha value is -2.66. The lowest BCUT2D eigenvalue weighted by Crippen LogP contribution is -2.24. The van der Waals surface area contributed by atoms with E-state index in [0.29, 0.717) is 28.2 Å². The van der Waals surface area contributed by atoms with Crippen LogP contribution in [-0.4, -0.2) is 20.6 Å². The zero-order valence-electron chi connectivity index (χ0n) is 15.5. The number of thioether (sulfide) groups is 1. The van der Waals surface area contributed by atoms with Gasteiger partial charge < -0.3 is 0 Å². The fraction of sp³-hybridized carbons (Fsp3) is 0.227. The zero-order chi connectivity index (χ0) is 19.4. The van der Waals surface area contributed by atoms with Crippen LogP contribution >= 0.6 is 11.8 Å². The second-order valence-electron chi connectivity index (χ2n) is 6.29. The van der Waals surface area contributed by atoms with Gasteiger partial charge in [-0.05, 0) is 31.0 Å². The number of ketones is 1. The Kier molecular flexibility index (Phi) is 5.91. The Balaban J connectivity index is 1.94. The average molecular weight is 378 g/mol. The summed E-state index contributed by atoms with van der Waals surface area (Å²) in [6.45, 7) is 8.02. The number of fused-ring (bicyclic) bond motifs is 1. The van der Waals surface area contributed by atoms with Crippen molar-refractivity contribution in [2.24, 2.45) is 0 Å². The molecule has 0 bridgehead atoms. The van der Waals surface area contributed by atoms with Crippen LogP contribution in [0.25, 0.3) is 10.9 Å². The highest BCUT2D eigenvalue weighted by Crippen LogP contribution is 2.25. The summed E-state index contributed by atoms with van der Waals surface area (Å²) in [5.74, 6) is 0.0233. The van der Waals surface area contributed by atoms with E-state index in [0.717, 1.165) is 6.42 Å². The number of aromatic nitrogens is 2. The van der Waals surface area contributed by atoms with Gasteiger partial charge >= 0.3 is 0 Å². The van der Waals surface area contributed by atoms with E-state index in [1.54, 1.807) is 16.7 Å². The first-order chi connectivity index (χ1) is 13.0. The van der Waals surface area contributed by atoms with Gasteiger partial charge in [0.05, 0.1) is 16.2 Å². The molecular formula is C22H22N2O2S. The molecule has 1 aromatic heterocycles. The monoisotopic (exact) mass is 378 g/mol. The molecule has 27 heavy (non-hydrogen) atoms. The van der Waals surface area contributed by atoms with Crippen LogP contribution in [0.2, 0.25) is 0 Å². The van der Waals surface area contributed by atoms with E-state index in [4.69, 9.17) is 0 Å². The van der Waals surface area contributed by atoms with Gasteiger partial charge in [0.1, 0.15) is 0 Å². The molecule has 0 aliphatic carbocycles. The molecule has 0 saturated carbocycles. The fourth-order valence-corrected chi connectivity index (χ4v) is 3.87. The van der Waals surface area contributed by atoms with E-state index in [1.165, 1.54) is 17.3 Å². The van der Waals surface area contributed by atoms with Crippen molar-refractivity contribution in [2.75, 3.05) is 0 Å². The normalized spacial score (nSPS) is 12.1. The van der Waals surface area contributed by atoms with Crippen LogP contribution in [0.3, 0.4) is 0 Å². The Morgan fingerprint density at radius 2 is 1.93 bits per heavy atom. The quantitative estimate of drug-likeness (QED) is 0.263. The Bertz CT molecular complexity index is 1040. The summed E-state index contributed by atoms with van der Waals surface area (Å²) in [5.41, 5.74) is 2.39. The van der Waals surface area contributed by atoms with Gasteiger partial charge in [0.25, 0.3) is 5.56 Å². The summed E-state index contributed by atoms with van der Waals surface area (Å²) in [6.07, 6.45) is 2.60. The highest BCUT2D eigenvalue weighted by Gasteiger charge is 2.20. The van der Waals surface area contributed by atoms with Gasteiger partial charge in [-0.25, -0.2) is 4.98 Å². The second-order valence-corrected chi connectivity index (χ2v) is 7.60. The van der Waals surface area contributed by atoms with Crippen LogP contribution < -0.4 is 5.56 Å². The van der Waals surface area contributed by atoms with Crippen LogP contribution in [-0.2, 0) is 13.0 Å². The van der Waals surface area contributed by atoms with Crippen molar-refractivity contribution in [1.29, 1.82) is 0 Å². The lowest BCUT2D eigenvalue weighted by molar-refractivity contribution is 0.0994. The summed E-state index contributed by atoms with van der Waals surface area (Å²) in [4.78, 5) is 30.2. The molecule has 3 rings (SSSR count). The molecular weight excluding hydrogens is 356 g/mol. The highest BCUT2D eigenvalue weighted by atomic mass is 32.2. The number of aryl methyl sites for hydroxylation is 1. The largest absolute Gasteiger partial charge is 0.293 e. The van der Waals surface area contributed by atoms with Crippen molar-refractivity contribution < 1.29 is 4.79 Å². The maximum Gasteiger partial charge on any atom is 0.262 e. The molecule has 4 nitrogen and oxygen atoms in total. The van der Waals surface area contributed by atoms with Crippen LogP contribution in [0.15, 0.2) is 71.1 Å². The molecule has 5 heteroatoms. The van der Waals surface area contributed by atoms with E-state index in [1.807, 2.05) is 49.4 Å². The van der Waals surface area contributed by atoms with Crippen molar-refractivity contribution in [3.8, 4) is 0 Å². The molecule has 3 aromatic rings. The third-order valence-electron chi connectivity index (χ3n) is 4.44. The fourth-order valence-electron chi connectivity index (χ4n) is 2.88. The van der Waals surface area contributed by atoms with Crippen molar-refractivity contribution in [3.63, 3.8) is 0 Å². The number of carbonyl (C=O) groups is 1. The topological polar surface area (TPSA) is 52.0 Å². The lowest BCUT2D eigenvalue weighted by atomic mass is 10.1. The molecule has 0 unspecified atom stereocenters. The number of allylic oxidation sites excluding steroid dienone is 1. The molecule has 0 fully saturated rings. The first-order valence-electron chi connectivity index (χ1n) is 8.95. The van der Waals surface area contributed by atoms with Crippen molar-refractivity contribution in [2.45, 2.75) is 37.2 Å². The molecule has 0 spiro atoms. The Labute approximate surface area is 162 Å². The van der Waals surface area contributed by atoms with Gasteiger partial charge in [0, 0.05) is 12.1 Å². The summed E-state index contributed by atoms with van der Waals surface area (Å²) in [5, 5.41) is 0.740. The average Bonchev–Trinajstić information content (AvgIpc) is 2.70. The Morgan fingerprint density at radius 3 is 2.59 bits per heavy atom. The predicted molar refractivity (Wildman–Crippen MR) is 112 cm³/mol. The van der Waals surface area contributed by atoms with Crippen molar-refractivity contribution >= 4 is 28.4 Å². The van der Waals surface area contributed by atoms with Crippen LogP contribution in [0, 0.1) is 0 Å². The predicted octanol–water partition coefficient (Wildman–Crippen LogP) is 4.51. The molecule has 0 amide bonds. The summed E-state index contributed by atoms with van der Waals surface area (Å²) < 4.78 is 1.57. The van der Waals surface area contributed by atoms with Crippen molar-refractivity contribution in [1.82, 2.24) is 9.55 Å². The van der Waals surface area contributed by atoms with Gasteiger partial charge in [-0.1, -0.05) is 61.2 Å². The lowest BCUT2D eigenvalue weighted by Gasteiger charge is -2.15. The van der Waals surface area contributed by atoms with E-state index in [9.17, 15) is 9.59 Å². The van der Waals surface area contributed by atoms with E-state index < -0.39 is 0 Å². The number of hydrogen-bond donors (Lipinski definition) is 0. The standard InChI is InChI=1S/C22H22N2O2S/c1-4-14-24-21(26)18-8-6-7-9-19(18)23-22(24)27-15(3)20(25)17-12-10-16(5-2)11-13-17/h4,6-13,15H,1,5,14H2,2-3H3/t15-/m0/s1. The SMILES string of the molecule is C=CCn1c(S[C@@H](C)C(=O)c2ccc(CC)cc2)nc2ccccc2c1=O. The number of Topliss-reactive ketones (excluding diaryl/α,β-unsaturated/α-hetero) is 1. The molecule has 0 aliphatic rings. The molecule has 0 radical (unpaired) electrons. The number of carbonyl (C=O) groups excluding carboxylic acids is 1. The maximum atomic E-state index is 12.8. The number of para-hydroxylation sites is 1. The molecule has 138 valence electrons. The number of benzene rings is 2. The minimum Gasteiger partial charge on any atom is -0.293 e. The Morgan fingerprint density at radius 1 is 1.22 bits per heavy atom. The van der Waals surface area contributed by atoms with E-state index >= 15 is 0 Å². The minimum absolute atomic E-state index is 0.0233. The van der Waals surface area contributed by atoms with Gasteiger partial charge in [0.15, 0.2) is 10.9 Å². The zero-order valence-corrected chi connectivity index (χ0v) is 16.3. The highest BCUT2D eigenvalue weighted by molar-refractivity contribution is 8.00. The van der Waals surface area contributed by atoms with Gasteiger partial charge in [-0.3, -0.25) is 14.2 Å². The van der Waals surface area contributed by atoms with Crippen molar-refractivity contribution in [3.05, 3.63) is 82.7 Å². The molecule has 1 atom stereocenters. The molecule has 0 saturated heterocycles. The first kappa shape index (κ1) is 19.1. The number of nitrogens with zero attached hydrogens (tertiary/aromatic N) is 2. The van der Waals surface area contributed by atoms with Crippen LogP contribution in [0.1, 0.15) is 29.8 Å². The maximum absolute atomic E-state index is 12.8. The first-order valence-corrected chi connectivity index (χ1v) is 9.83. The van der Waals surface area contributed by atoms with Gasteiger partial charge in [0.2, 0.25) is 0 Å². The molecule has 0 aliphatic heterocycles. The summed E-state index contributed by atoms with van der Waals surface area (Å²) >= 11 is 1.31. The van der Waals surface area contributed by atoms with Crippen LogP contribution in [0.4, 0.5) is 0 Å². The van der Waals surface area contributed by atoms with E-state index in [-0.39, 0.29) is 16.6 Å². The van der Waals surface area contributed by atoms with Gasteiger partial charge in [-0.15, -0.1) is 6.58 Å². The minimum atomic E-state index is -0.360. The molecule has 1 heterocycles. The second kappa shape index (κ2) is 8.35. The smallest absolute Gasteiger partial charge is 0.262 e. The number of rotatable bonds is 7. The van der Waals surface area contributed by atoms with Crippen LogP contribution in [0.5, 0.6) is 0 Å². The molecule has 0 N–H and O–H groups in total. The van der Waals surface area contributed by atoms with E-state index in [2.05, 4.69) is 18.5 Å². The third-order valence-corrected chi connectivity index (χ3v) is 5.53. The number of hydrogen-bond acceptors (Lipinski definition) is 4. The molecule has 2 aromatic carbocycles. The third kappa shape index (κ3) is 4.03. The van der Waals surface area contributed by atoms with Gasteiger partial charge in [-0.2, -0.15) is 0 Å². The summed E-state index contributed by atoms with van der Waals surface area (Å²) in [7, 11) is 0. The summed E-state index contributed by atoms with van der Waals surface area (Å²) in [6, 6.07) is 14.9.